The van der Waals surface area contributed by atoms with E-state index >= 15 is 0 Å². The van der Waals surface area contributed by atoms with Crippen LogP contribution in [0.1, 0.15) is 161 Å². The van der Waals surface area contributed by atoms with Crippen LogP contribution in [-0.2, 0) is 38.1 Å². The monoisotopic (exact) mass is 827 g/mol. The lowest BCUT2D eigenvalue weighted by molar-refractivity contribution is -0.261. The first-order chi connectivity index (χ1) is 26.2. The molecule has 0 bridgehead atoms. The largest absolute Gasteiger partial charge is 0.462 e. The predicted octanol–water partition coefficient (Wildman–Crippen LogP) is 6.04. The van der Waals surface area contributed by atoms with Crippen LogP contribution in [0, 0.1) is 11.8 Å². The minimum absolute atomic E-state index is 0.250. The Morgan fingerprint density at radius 1 is 0.448 bits per heavy atom. The summed E-state index contributed by atoms with van der Waals surface area (Å²) in [5, 5.41) is 48.1. The highest BCUT2D eigenvalue weighted by molar-refractivity contribution is 5.88. The Bertz CT molecular complexity index is 1470. The van der Waals surface area contributed by atoms with Crippen LogP contribution in [0.25, 0.3) is 0 Å². The molecule has 0 aromatic rings. The summed E-state index contributed by atoms with van der Waals surface area (Å²) in [6.07, 6.45) is -1.57. The molecular formula is C42H74N4O12. The van der Waals surface area contributed by atoms with Crippen molar-refractivity contribution in [1.29, 1.82) is 0 Å². The molecule has 16 nitrogen and oxygen atoms in total. The second-order valence-corrected chi connectivity index (χ2v) is 21.9. The van der Waals surface area contributed by atoms with Crippen LogP contribution < -0.4 is 0 Å². The molecule has 4 heterocycles. The Morgan fingerprint density at radius 2 is 0.707 bits per heavy atom. The van der Waals surface area contributed by atoms with Crippen molar-refractivity contribution in [3.63, 3.8) is 0 Å². The van der Waals surface area contributed by atoms with Gasteiger partial charge < -0.3 is 39.8 Å². The van der Waals surface area contributed by atoms with E-state index in [9.17, 15) is 40.0 Å². The number of carbonyl (C=O) groups excluding carboxylic acids is 4. The van der Waals surface area contributed by atoms with Gasteiger partial charge in [-0.05, 0) is 103 Å². The lowest BCUT2D eigenvalue weighted by Gasteiger charge is -2.51. The molecule has 0 aromatic carbocycles. The summed E-state index contributed by atoms with van der Waals surface area (Å²) in [6, 6.07) is 0. The van der Waals surface area contributed by atoms with Gasteiger partial charge in [0.15, 0.2) is 0 Å². The van der Waals surface area contributed by atoms with Crippen molar-refractivity contribution in [2.45, 2.75) is 224 Å². The normalized spacial score (nSPS) is 28.8. The minimum Gasteiger partial charge on any atom is -0.462 e. The summed E-state index contributed by atoms with van der Waals surface area (Å²) in [7, 11) is 0. The first-order valence-electron chi connectivity index (χ1n) is 20.9. The Balaban J connectivity index is 1.69. The highest BCUT2D eigenvalue weighted by Crippen LogP contribution is 2.42. The van der Waals surface area contributed by atoms with E-state index < -0.39 is 112 Å². The second-order valence-electron chi connectivity index (χ2n) is 21.9. The summed E-state index contributed by atoms with van der Waals surface area (Å²) >= 11 is 0. The first-order valence-corrected chi connectivity index (χ1v) is 20.9. The van der Waals surface area contributed by atoms with Crippen LogP contribution in [-0.4, -0.2) is 135 Å². The topological polar surface area (TPSA) is 199 Å². The maximum absolute atomic E-state index is 14.6. The van der Waals surface area contributed by atoms with Crippen molar-refractivity contribution in [3.8, 4) is 0 Å². The molecule has 0 aromatic heterocycles. The molecule has 0 radical (unpaired) electrons. The molecule has 4 N–H and O–H groups in total. The predicted molar refractivity (Wildman–Crippen MR) is 211 cm³/mol. The van der Waals surface area contributed by atoms with E-state index in [1.165, 1.54) is 20.3 Å². The maximum Gasteiger partial charge on any atom is 0.310 e. The average molecular weight is 827 g/mol. The molecule has 4 fully saturated rings. The van der Waals surface area contributed by atoms with Gasteiger partial charge in [0.05, 0.1) is 24.7 Å². The molecule has 0 saturated carbocycles. The highest BCUT2D eigenvalue weighted by Gasteiger charge is 2.51. The average Bonchev–Trinajstić information content (AvgIpc) is 3.03. The lowest BCUT2D eigenvalue weighted by Crippen LogP contribution is -2.61. The Labute approximate surface area is 345 Å². The number of piperidine rings is 4. The van der Waals surface area contributed by atoms with E-state index in [2.05, 4.69) is 0 Å². The quantitative estimate of drug-likeness (QED) is 0.139. The number of rotatable bonds is 11. The van der Waals surface area contributed by atoms with Gasteiger partial charge in [0.1, 0.15) is 24.4 Å². The number of esters is 4. The molecule has 4 aliphatic rings. The number of hydrogen-bond donors (Lipinski definition) is 4. The summed E-state index contributed by atoms with van der Waals surface area (Å²) in [5.74, 6) is -6.39. The van der Waals surface area contributed by atoms with E-state index in [1.807, 2.05) is 96.9 Å². The fraction of sp³-hybridized carbons (Fsp3) is 0.905. The molecule has 3 atom stereocenters. The standard InChI is InChI=1S/C42H74N4O12/c1-36(2)19-26(15-16-43(36)51)55-32(47)17-30(34(49)57-28-22-39(7,8)45(53)40(9,10)23-28)31(35(50)58-29-24-41(11,12)46(54)42(13,14)25-29)18-33(48)56-27-20-37(3,4)44(52)38(5,6)21-27/h26-31,51-54H,15-25H2,1-14H3. The highest BCUT2D eigenvalue weighted by atomic mass is 16.6. The molecular weight excluding hydrogens is 752 g/mol. The zero-order valence-corrected chi connectivity index (χ0v) is 37.6. The van der Waals surface area contributed by atoms with Crippen LogP contribution in [0.3, 0.4) is 0 Å². The lowest BCUT2D eigenvalue weighted by atomic mass is 9.79. The number of hydrogen-bond acceptors (Lipinski definition) is 16. The molecule has 0 aliphatic carbocycles. The van der Waals surface area contributed by atoms with Gasteiger partial charge in [-0.1, -0.05) is 0 Å². The van der Waals surface area contributed by atoms with Crippen LogP contribution >= 0.6 is 0 Å². The van der Waals surface area contributed by atoms with Crippen LogP contribution in [0.2, 0.25) is 0 Å². The SMILES string of the molecule is CC1(C)CC(OC(=O)CC(C(=O)OC2CC(C)(C)N(O)C(C)(C)C2)C(CC(=O)OC2CC(C)(C)N(O)C(C)(C)C2)C(=O)OC2CC(C)(C)N(O)C(C)(C)C2)CCN1O. The fourth-order valence-corrected chi connectivity index (χ4v) is 10.3. The van der Waals surface area contributed by atoms with Crippen molar-refractivity contribution in [2.75, 3.05) is 6.54 Å². The summed E-state index contributed by atoms with van der Waals surface area (Å²) in [5.41, 5.74) is -5.31. The number of carbonyl (C=O) groups is 4. The van der Waals surface area contributed by atoms with Gasteiger partial charge >= 0.3 is 23.9 Å². The van der Waals surface area contributed by atoms with Crippen molar-refractivity contribution >= 4 is 23.9 Å². The van der Waals surface area contributed by atoms with Crippen molar-refractivity contribution < 1.29 is 59.0 Å². The van der Waals surface area contributed by atoms with E-state index in [1.54, 1.807) is 0 Å². The van der Waals surface area contributed by atoms with Gasteiger partial charge in [-0.2, -0.15) is 20.3 Å². The second kappa shape index (κ2) is 16.8. The summed E-state index contributed by atoms with van der Waals surface area (Å²) in [4.78, 5) is 57.1. The van der Waals surface area contributed by atoms with Gasteiger partial charge in [-0.15, -0.1) is 0 Å². The molecule has 0 amide bonds. The molecule has 58 heavy (non-hydrogen) atoms. The first kappa shape index (κ1) is 48.2. The number of nitrogens with zero attached hydrogens (tertiary/aromatic N) is 4. The molecule has 3 unspecified atom stereocenters. The third kappa shape index (κ3) is 11.1. The Kier molecular flexibility index (Phi) is 14.0. The van der Waals surface area contributed by atoms with Crippen molar-refractivity contribution in [3.05, 3.63) is 0 Å². The zero-order valence-electron chi connectivity index (χ0n) is 37.6. The Morgan fingerprint density at radius 3 is 1.00 bits per heavy atom. The van der Waals surface area contributed by atoms with Crippen LogP contribution in [0.4, 0.5) is 0 Å². The fourth-order valence-electron chi connectivity index (χ4n) is 10.3. The Hall–Kier alpha value is -2.44. The third-order valence-corrected chi connectivity index (χ3v) is 12.9. The van der Waals surface area contributed by atoms with Gasteiger partial charge in [-0.3, -0.25) is 19.2 Å². The summed E-state index contributed by atoms with van der Waals surface area (Å²) < 4.78 is 24.2. The van der Waals surface area contributed by atoms with Gasteiger partial charge in [0.2, 0.25) is 0 Å². The molecule has 334 valence electrons. The van der Waals surface area contributed by atoms with Gasteiger partial charge in [0.25, 0.3) is 0 Å². The molecule has 4 rings (SSSR count). The van der Waals surface area contributed by atoms with E-state index in [0.29, 0.717) is 25.7 Å². The summed E-state index contributed by atoms with van der Waals surface area (Å²) in [6.45, 7) is 25.8. The van der Waals surface area contributed by atoms with Gasteiger partial charge in [-0.25, -0.2) is 0 Å². The smallest absolute Gasteiger partial charge is 0.310 e. The molecule has 4 aliphatic heterocycles. The van der Waals surface area contributed by atoms with E-state index in [0.717, 1.165) is 0 Å². The van der Waals surface area contributed by atoms with E-state index in [-0.39, 0.29) is 32.2 Å². The minimum atomic E-state index is -1.53. The molecule has 16 heteroatoms. The number of ether oxygens (including phenoxy) is 4. The van der Waals surface area contributed by atoms with E-state index in [4.69, 9.17) is 18.9 Å². The van der Waals surface area contributed by atoms with Crippen LogP contribution in [0.15, 0.2) is 0 Å². The number of hydroxylamine groups is 8. The van der Waals surface area contributed by atoms with Crippen LogP contribution in [0.5, 0.6) is 0 Å². The van der Waals surface area contributed by atoms with Crippen molar-refractivity contribution in [2.24, 2.45) is 11.8 Å². The molecule has 0 spiro atoms. The third-order valence-electron chi connectivity index (χ3n) is 12.9. The molecule has 4 saturated heterocycles. The maximum atomic E-state index is 14.6. The van der Waals surface area contributed by atoms with Gasteiger partial charge in [0, 0.05) is 90.3 Å². The zero-order chi connectivity index (χ0) is 44.2. The van der Waals surface area contributed by atoms with Crippen molar-refractivity contribution in [1.82, 2.24) is 20.3 Å².